The van der Waals surface area contributed by atoms with Crippen molar-refractivity contribution in [3.05, 3.63) is 54.6 Å². The van der Waals surface area contributed by atoms with Crippen LogP contribution in [0, 0.1) is 0 Å². The lowest BCUT2D eigenvalue weighted by atomic mass is 10.3. The molecule has 0 aliphatic heterocycles. The summed E-state index contributed by atoms with van der Waals surface area (Å²) in [6, 6.07) is 15.4. The van der Waals surface area contributed by atoms with Gasteiger partial charge in [0.15, 0.2) is 9.84 Å². The van der Waals surface area contributed by atoms with Gasteiger partial charge in [-0.25, -0.2) is 8.42 Å². The monoisotopic (exact) mass is 292 g/mol. The maximum Gasteiger partial charge on any atom is 0.181 e. The molecule has 2 rings (SSSR count). The Balaban J connectivity index is 1.92. The number of methoxy groups -OCH3 is 1. The third-order valence-corrected chi connectivity index (χ3v) is 4.48. The highest BCUT2D eigenvalue weighted by atomic mass is 32.2. The number of rotatable bonds is 6. The molecule has 5 heteroatoms. The van der Waals surface area contributed by atoms with E-state index >= 15 is 0 Å². The van der Waals surface area contributed by atoms with Crippen molar-refractivity contribution in [1.29, 1.82) is 0 Å². The van der Waals surface area contributed by atoms with Gasteiger partial charge in [0.1, 0.15) is 18.1 Å². The van der Waals surface area contributed by atoms with Crippen LogP contribution in [0.3, 0.4) is 0 Å². The molecule has 0 atom stereocenters. The Hall–Kier alpha value is -2.01. The molecule has 0 heterocycles. The summed E-state index contributed by atoms with van der Waals surface area (Å²) < 4.78 is 34.5. The van der Waals surface area contributed by atoms with E-state index in [1.165, 1.54) is 0 Å². The van der Waals surface area contributed by atoms with Crippen LogP contribution in [-0.4, -0.2) is 27.9 Å². The Labute approximate surface area is 118 Å². The first-order valence-electron chi connectivity index (χ1n) is 6.16. The molecule has 0 saturated carbocycles. The summed E-state index contributed by atoms with van der Waals surface area (Å²) in [5, 5.41) is 0. The fraction of sp³-hybridized carbons (Fsp3) is 0.200. The molecule has 0 amide bonds. The van der Waals surface area contributed by atoms with Crippen LogP contribution < -0.4 is 9.47 Å². The Bertz CT molecular complexity index is 633. The maximum absolute atomic E-state index is 12.0. The van der Waals surface area contributed by atoms with Crippen LogP contribution in [0.5, 0.6) is 11.5 Å². The number of benzene rings is 2. The standard InChI is InChI=1S/C15H16O4S/c1-18-13-7-9-14(10-8-13)19-11-12-20(16,17)15-5-3-2-4-6-15/h2-10H,11-12H2,1H3. The van der Waals surface area contributed by atoms with Crippen molar-refractivity contribution >= 4 is 9.84 Å². The molecule has 0 aliphatic carbocycles. The van der Waals surface area contributed by atoms with Gasteiger partial charge < -0.3 is 9.47 Å². The summed E-state index contributed by atoms with van der Waals surface area (Å²) >= 11 is 0. The molecule has 0 radical (unpaired) electrons. The Morgan fingerprint density at radius 1 is 0.900 bits per heavy atom. The lowest BCUT2D eigenvalue weighted by Gasteiger charge is -2.08. The van der Waals surface area contributed by atoms with E-state index in [1.54, 1.807) is 61.7 Å². The normalized spacial score (nSPS) is 11.1. The summed E-state index contributed by atoms with van der Waals surface area (Å²) in [7, 11) is -1.71. The van der Waals surface area contributed by atoms with Crippen LogP contribution in [-0.2, 0) is 9.84 Å². The van der Waals surface area contributed by atoms with Gasteiger partial charge >= 0.3 is 0 Å². The fourth-order valence-corrected chi connectivity index (χ4v) is 2.80. The molecular formula is C15H16O4S. The summed E-state index contributed by atoms with van der Waals surface area (Å²) in [6.45, 7) is 0.115. The van der Waals surface area contributed by atoms with E-state index in [-0.39, 0.29) is 12.4 Å². The largest absolute Gasteiger partial charge is 0.497 e. The van der Waals surface area contributed by atoms with Gasteiger partial charge in [-0.2, -0.15) is 0 Å². The summed E-state index contributed by atoms with van der Waals surface area (Å²) in [5.74, 6) is 1.30. The molecule has 2 aromatic carbocycles. The summed E-state index contributed by atoms with van der Waals surface area (Å²) in [5.41, 5.74) is 0. The second-order valence-corrected chi connectivity index (χ2v) is 6.27. The molecule has 0 bridgehead atoms. The molecule has 0 saturated heterocycles. The first-order chi connectivity index (χ1) is 9.62. The highest BCUT2D eigenvalue weighted by Gasteiger charge is 2.13. The number of sulfone groups is 1. The van der Waals surface area contributed by atoms with Gasteiger partial charge in [0.2, 0.25) is 0 Å². The molecule has 20 heavy (non-hydrogen) atoms. The van der Waals surface area contributed by atoms with Crippen molar-refractivity contribution in [3.8, 4) is 11.5 Å². The SMILES string of the molecule is COc1ccc(OCCS(=O)(=O)c2ccccc2)cc1. The number of hydrogen-bond acceptors (Lipinski definition) is 4. The molecule has 0 unspecified atom stereocenters. The average Bonchev–Trinajstić information content (AvgIpc) is 2.49. The van der Waals surface area contributed by atoms with Crippen LogP contribution in [0.2, 0.25) is 0 Å². The Morgan fingerprint density at radius 3 is 2.10 bits per heavy atom. The molecule has 0 fully saturated rings. The van der Waals surface area contributed by atoms with E-state index in [1.807, 2.05) is 0 Å². The minimum atomic E-state index is -3.29. The molecule has 0 N–H and O–H groups in total. The fourth-order valence-electron chi connectivity index (χ4n) is 1.69. The van der Waals surface area contributed by atoms with Crippen molar-refractivity contribution in [2.45, 2.75) is 4.90 Å². The van der Waals surface area contributed by atoms with Gasteiger partial charge in [0, 0.05) is 0 Å². The molecule has 2 aromatic rings. The predicted octanol–water partition coefficient (Wildman–Crippen LogP) is 2.55. The van der Waals surface area contributed by atoms with Crippen molar-refractivity contribution in [2.24, 2.45) is 0 Å². The molecule has 4 nitrogen and oxygen atoms in total. The highest BCUT2D eigenvalue weighted by molar-refractivity contribution is 7.91. The van der Waals surface area contributed by atoms with Crippen LogP contribution in [0.4, 0.5) is 0 Å². The quantitative estimate of drug-likeness (QED) is 0.821. The second-order valence-electron chi connectivity index (χ2n) is 4.16. The van der Waals surface area contributed by atoms with Crippen molar-refractivity contribution < 1.29 is 17.9 Å². The van der Waals surface area contributed by atoms with Crippen LogP contribution >= 0.6 is 0 Å². The molecule has 0 spiro atoms. The van der Waals surface area contributed by atoms with Gasteiger partial charge in [-0.3, -0.25) is 0 Å². The Kier molecular flexibility index (Phi) is 4.63. The van der Waals surface area contributed by atoms with Crippen LogP contribution in [0.1, 0.15) is 0 Å². The summed E-state index contributed by atoms with van der Waals surface area (Å²) in [6.07, 6.45) is 0. The second kappa shape index (κ2) is 6.43. The molecule has 0 aromatic heterocycles. The van der Waals surface area contributed by atoms with Crippen molar-refractivity contribution in [2.75, 3.05) is 19.5 Å². The third-order valence-electron chi connectivity index (χ3n) is 2.78. The van der Waals surface area contributed by atoms with Gasteiger partial charge in [0.05, 0.1) is 17.8 Å². The smallest absolute Gasteiger partial charge is 0.181 e. The lowest BCUT2D eigenvalue weighted by Crippen LogP contribution is -2.14. The minimum absolute atomic E-state index is 0.0525. The van der Waals surface area contributed by atoms with Crippen molar-refractivity contribution in [1.82, 2.24) is 0 Å². The van der Waals surface area contributed by atoms with E-state index in [9.17, 15) is 8.42 Å². The van der Waals surface area contributed by atoms with Crippen LogP contribution in [0.15, 0.2) is 59.5 Å². The van der Waals surface area contributed by atoms with Crippen molar-refractivity contribution in [3.63, 3.8) is 0 Å². The first kappa shape index (κ1) is 14.4. The van der Waals surface area contributed by atoms with E-state index in [0.717, 1.165) is 5.75 Å². The first-order valence-corrected chi connectivity index (χ1v) is 7.82. The minimum Gasteiger partial charge on any atom is -0.497 e. The van der Waals surface area contributed by atoms with E-state index in [4.69, 9.17) is 9.47 Å². The molecule has 106 valence electrons. The number of hydrogen-bond donors (Lipinski definition) is 0. The van der Waals surface area contributed by atoms with Crippen LogP contribution in [0.25, 0.3) is 0 Å². The van der Waals surface area contributed by atoms with Gasteiger partial charge in [0.25, 0.3) is 0 Å². The average molecular weight is 292 g/mol. The van der Waals surface area contributed by atoms with Gasteiger partial charge in [-0.05, 0) is 36.4 Å². The summed E-state index contributed by atoms with van der Waals surface area (Å²) in [4.78, 5) is 0.318. The topological polar surface area (TPSA) is 52.6 Å². The zero-order valence-electron chi connectivity index (χ0n) is 11.2. The lowest BCUT2D eigenvalue weighted by molar-refractivity contribution is 0.339. The molecular weight excluding hydrogens is 276 g/mol. The molecule has 0 aliphatic rings. The zero-order chi connectivity index (χ0) is 14.4. The zero-order valence-corrected chi connectivity index (χ0v) is 12.0. The van der Waals surface area contributed by atoms with E-state index < -0.39 is 9.84 Å². The van der Waals surface area contributed by atoms with E-state index in [2.05, 4.69) is 0 Å². The highest BCUT2D eigenvalue weighted by Crippen LogP contribution is 2.17. The van der Waals surface area contributed by atoms with E-state index in [0.29, 0.717) is 10.6 Å². The van der Waals surface area contributed by atoms with Gasteiger partial charge in [-0.1, -0.05) is 18.2 Å². The predicted molar refractivity (Wildman–Crippen MR) is 77.0 cm³/mol. The third kappa shape index (κ3) is 3.74. The maximum atomic E-state index is 12.0. The number of ether oxygens (including phenoxy) is 2. The Morgan fingerprint density at radius 2 is 1.50 bits per heavy atom. The van der Waals surface area contributed by atoms with Gasteiger partial charge in [-0.15, -0.1) is 0 Å².